The molecule has 0 saturated carbocycles. The summed E-state index contributed by atoms with van der Waals surface area (Å²) in [6, 6.07) is 0. The summed E-state index contributed by atoms with van der Waals surface area (Å²) < 4.78 is 6.01. The van der Waals surface area contributed by atoms with Crippen LogP contribution in [-0.4, -0.2) is 54.7 Å². The lowest BCUT2D eigenvalue weighted by molar-refractivity contribution is 0.300. The molecule has 1 aromatic rings. The second kappa shape index (κ2) is 9.13. The molecule has 0 saturated heterocycles. The smallest absolute Gasteiger partial charge is 0.232 e. The van der Waals surface area contributed by atoms with Crippen LogP contribution in [0.5, 0.6) is 5.88 Å². The van der Waals surface area contributed by atoms with Gasteiger partial charge in [0.05, 0.1) is 17.8 Å². The van der Waals surface area contributed by atoms with Gasteiger partial charge in [0.15, 0.2) is 0 Å². The molecule has 20 heavy (non-hydrogen) atoms. The maximum atomic E-state index is 5.22. The van der Waals surface area contributed by atoms with Crippen LogP contribution in [0.2, 0.25) is 0 Å². The van der Waals surface area contributed by atoms with Gasteiger partial charge in [0.1, 0.15) is 0 Å². The van der Waals surface area contributed by atoms with Gasteiger partial charge in [-0.1, -0.05) is 13.8 Å². The van der Waals surface area contributed by atoms with E-state index in [-0.39, 0.29) is 0 Å². The summed E-state index contributed by atoms with van der Waals surface area (Å²) in [5.41, 5.74) is 0. The van der Waals surface area contributed by atoms with Crippen LogP contribution in [0.25, 0.3) is 0 Å². The van der Waals surface area contributed by atoms with Crippen LogP contribution < -0.4 is 9.64 Å². The van der Waals surface area contributed by atoms with Crippen molar-refractivity contribution in [1.82, 2.24) is 14.9 Å². The minimum absolute atomic E-state index is 0.581. The molecule has 0 aromatic carbocycles. The first-order chi connectivity index (χ1) is 9.65. The Morgan fingerprint density at radius 3 is 2.40 bits per heavy atom. The number of aromatic nitrogens is 2. The maximum absolute atomic E-state index is 5.22. The average Bonchev–Trinajstić information content (AvgIpc) is 2.48. The Morgan fingerprint density at radius 1 is 1.15 bits per heavy atom. The van der Waals surface area contributed by atoms with Crippen LogP contribution in [0.4, 0.5) is 5.95 Å². The van der Waals surface area contributed by atoms with Gasteiger partial charge in [0.2, 0.25) is 11.8 Å². The van der Waals surface area contributed by atoms with Crippen molar-refractivity contribution in [1.29, 1.82) is 0 Å². The van der Waals surface area contributed by atoms with E-state index in [1.807, 2.05) is 0 Å². The van der Waals surface area contributed by atoms with E-state index in [0.29, 0.717) is 5.88 Å². The van der Waals surface area contributed by atoms with Gasteiger partial charge in [-0.15, -0.1) is 0 Å². The van der Waals surface area contributed by atoms with Crippen LogP contribution in [0.1, 0.15) is 27.2 Å². The van der Waals surface area contributed by atoms with Crippen molar-refractivity contribution in [3.05, 3.63) is 10.7 Å². The number of rotatable bonds is 9. The Kier molecular flexibility index (Phi) is 7.84. The van der Waals surface area contributed by atoms with E-state index >= 15 is 0 Å². The van der Waals surface area contributed by atoms with Crippen molar-refractivity contribution < 1.29 is 4.74 Å². The summed E-state index contributed by atoms with van der Waals surface area (Å²) in [7, 11) is 1.62. The SMILES string of the molecule is CCN(CC)CCCN(CC)c1ncc(Br)c(OC)n1. The summed E-state index contributed by atoms with van der Waals surface area (Å²) in [4.78, 5) is 13.4. The Labute approximate surface area is 130 Å². The van der Waals surface area contributed by atoms with E-state index < -0.39 is 0 Å². The number of hydrogen-bond donors (Lipinski definition) is 0. The molecule has 0 amide bonds. The third-order valence-corrected chi connectivity index (χ3v) is 3.90. The first kappa shape index (κ1) is 17.2. The zero-order valence-corrected chi connectivity index (χ0v) is 14.5. The maximum Gasteiger partial charge on any atom is 0.232 e. The van der Waals surface area contributed by atoms with Gasteiger partial charge in [-0.05, 0) is 48.9 Å². The highest BCUT2D eigenvalue weighted by molar-refractivity contribution is 9.10. The van der Waals surface area contributed by atoms with Crippen LogP contribution >= 0.6 is 15.9 Å². The minimum atomic E-state index is 0.581. The molecule has 0 spiro atoms. The lowest BCUT2D eigenvalue weighted by atomic mass is 10.3. The topological polar surface area (TPSA) is 41.5 Å². The van der Waals surface area contributed by atoms with Crippen LogP contribution in [0.3, 0.4) is 0 Å². The Bertz CT molecular complexity index is 399. The minimum Gasteiger partial charge on any atom is -0.480 e. The molecule has 1 rings (SSSR count). The summed E-state index contributed by atoms with van der Waals surface area (Å²) >= 11 is 3.38. The van der Waals surface area contributed by atoms with E-state index in [9.17, 15) is 0 Å². The van der Waals surface area contributed by atoms with Gasteiger partial charge >= 0.3 is 0 Å². The van der Waals surface area contributed by atoms with Crippen molar-refractivity contribution in [2.24, 2.45) is 0 Å². The molecule has 0 radical (unpaired) electrons. The molecule has 0 atom stereocenters. The van der Waals surface area contributed by atoms with E-state index in [1.165, 1.54) is 0 Å². The third kappa shape index (κ3) is 4.90. The lowest BCUT2D eigenvalue weighted by Crippen LogP contribution is -2.31. The van der Waals surface area contributed by atoms with Gasteiger partial charge in [-0.2, -0.15) is 4.98 Å². The number of anilines is 1. The van der Waals surface area contributed by atoms with Gasteiger partial charge in [0, 0.05) is 13.1 Å². The monoisotopic (exact) mass is 344 g/mol. The van der Waals surface area contributed by atoms with Gasteiger partial charge < -0.3 is 14.5 Å². The first-order valence-electron chi connectivity index (χ1n) is 7.20. The van der Waals surface area contributed by atoms with Crippen molar-refractivity contribution in [3.8, 4) is 5.88 Å². The largest absolute Gasteiger partial charge is 0.480 e. The summed E-state index contributed by atoms with van der Waals surface area (Å²) in [5.74, 6) is 1.31. The molecule has 0 aliphatic carbocycles. The van der Waals surface area contributed by atoms with Crippen molar-refractivity contribution >= 4 is 21.9 Å². The van der Waals surface area contributed by atoms with E-state index in [4.69, 9.17) is 4.74 Å². The predicted octanol–water partition coefficient (Wildman–Crippen LogP) is 2.81. The first-order valence-corrected chi connectivity index (χ1v) is 7.99. The van der Waals surface area contributed by atoms with E-state index in [1.54, 1.807) is 13.3 Å². The van der Waals surface area contributed by atoms with Crippen molar-refractivity contribution in [3.63, 3.8) is 0 Å². The summed E-state index contributed by atoms with van der Waals surface area (Å²) in [6.45, 7) is 11.7. The molecule has 1 aromatic heterocycles. The normalized spacial score (nSPS) is 10.9. The number of methoxy groups -OCH3 is 1. The van der Waals surface area contributed by atoms with E-state index in [2.05, 4.69) is 56.5 Å². The molecule has 0 aliphatic heterocycles. The average molecular weight is 345 g/mol. The third-order valence-electron chi connectivity index (χ3n) is 3.35. The molecule has 0 unspecified atom stereocenters. The predicted molar refractivity (Wildman–Crippen MR) is 86.6 cm³/mol. The molecule has 0 aliphatic rings. The zero-order chi connectivity index (χ0) is 15.0. The van der Waals surface area contributed by atoms with Crippen LogP contribution in [0, 0.1) is 0 Å². The highest BCUT2D eigenvalue weighted by Crippen LogP contribution is 2.23. The fourth-order valence-corrected chi connectivity index (χ4v) is 2.42. The number of nitrogens with zero attached hydrogens (tertiary/aromatic N) is 4. The second-order valence-corrected chi connectivity index (χ2v) is 5.34. The van der Waals surface area contributed by atoms with Gasteiger partial charge in [-0.25, -0.2) is 4.98 Å². The van der Waals surface area contributed by atoms with Gasteiger partial charge in [0.25, 0.3) is 0 Å². The van der Waals surface area contributed by atoms with Crippen LogP contribution in [0.15, 0.2) is 10.7 Å². The molecule has 6 heteroatoms. The zero-order valence-electron chi connectivity index (χ0n) is 12.9. The molecule has 0 N–H and O–H groups in total. The summed E-state index contributed by atoms with van der Waals surface area (Å²) in [5, 5.41) is 0. The van der Waals surface area contributed by atoms with Crippen molar-refractivity contribution in [2.45, 2.75) is 27.2 Å². The Hall–Kier alpha value is -0.880. The molecule has 5 nitrogen and oxygen atoms in total. The molecule has 1 heterocycles. The van der Waals surface area contributed by atoms with Crippen LogP contribution in [-0.2, 0) is 0 Å². The quantitative estimate of drug-likeness (QED) is 0.688. The van der Waals surface area contributed by atoms with Crippen molar-refractivity contribution in [2.75, 3.05) is 44.7 Å². The number of halogens is 1. The standard InChI is InChI=1S/C14H25BrN4O/c1-5-18(6-2)9-8-10-19(7-3)14-16-11-12(15)13(17-14)20-4/h11H,5-10H2,1-4H3. The van der Waals surface area contributed by atoms with E-state index in [0.717, 1.165) is 49.6 Å². The molecular weight excluding hydrogens is 320 g/mol. The fraction of sp³-hybridized carbons (Fsp3) is 0.714. The Balaban J connectivity index is 2.62. The summed E-state index contributed by atoms with van der Waals surface area (Å²) in [6.07, 6.45) is 2.85. The highest BCUT2D eigenvalue weighted by Gasteiger charge is 2.11. The molecule has 114 valence electrons. The molecule has 0 fully saturated rings. The molecular formula is C14H25BrN4O. The highest BCUT2D eigenvalue weighted by atomic mass is 79.9. The second-order valence-electron chi connectivity index (χ2n) is 4.49. The van der Waals surface area contributed by atoms with Gasteiger partial charge in [-0.3, -0.25) is 0 Å². The Morgan fingerprint density at radius 2 is 1.85 bits per heavy atom. The fourth-order valence-electron chi connectivity index (χ4n) is 2.06. The number of ether oxygens (including phenoxy) is 1. The molecule has 0 bridgehead atoms. The lowest BCUT2D eigenvalue weighted by Gasteiger charge is -2.23. The number of hydrogen-bond acceptors (Lipinski definition) is 5.